The molecule has 0 aliphatic rings. The summed E-state index contributed by atoms with van der Waals surface area (Å²) in [5.74, 6) is -0.226. The van der Waals surface area contributed by atoms with Crippen LogP contribution in [0.1, 0.15) is 26.3 Å². The van der Waals surface area contributed by atoms with Gasteiger partial charge in [-0.2, -0.15) is 5.10 Å². The zero-order chi connectivity index (χ0) is 23.2. The molecule has 33 heavy (non-hydrogen) atoms. The number of carbonyl (C=O) groups is 2. The van der Waals surface area contributed by atoms with Crippen LogP contribution in [0.5, 0.6) is 11.5 Å². The summed E-state index contributed by atoms with van der Waals surface area (Å²) in [4.78, 5) is 25.1. The highest BCUT2D eigenvalue weighted by atomic mass is 79.9. The summed E-state index contributed by atoms with van der Waals surface area (Å²) >= 11 is 3.44. The molecule has 4 aromatic rings. The third-order valence-electron chi connectivity index (χ3n) is 4.87. The normalized spacial score (nSPS) is 10.8. The van der Waals surface area contributed by atoms with Gasteiger partial charge < -0.3 is 9.47 Å². The van der Waals surface area contributed by atoms with Crippen molar-refractivity contribution in [3.63, 3.8) is 0 Å². The largest absolute Gasteiger partial charge is 0.493 e. The molecule has 6 nitrogen and oxygen atoms in total. The maximum atomic E-state index is 12.9. The third kappa shape index (κ3) is 5.10. The molecule has 164 valence electrons. The van der Waals surface area contributed by atoms with E-state index in [1.165, 1.54) is 13.3 Å². The fourth-order valence-corrected chi connectivity index (χ4v) is 3.82. The van der Waals surface area contributed by atoms with Crippen LogP contribution in [0.4, 0.5) is 0 Å². The number of carbonyl (C=O) groups excluding carboxylic acids is 2. The Morgan fingerprint density at radius 2 is 1.67 bits per heavy atom. The zero-order valence-electron chi connectivity index (χ0n) is 17.6. The molecule has 0 saturated carbocycles. The number of esters is 1. The number of nitrogens with one attached hydrogen (secondary N) is 1. The molecule has 0 aliphatic heterocycles. The monoisotopic (exact) mass is 502 g/mol. The summed E-state index contributed by atoms with van der Waals surface area (Å²) < 4.78 is 11.6. The van der Waals surface area contributed by atoms with Gasteiger partial charge >= 0.3 is 5.97 Å². The first-order valence-corrected chi connectivity index (χ1v) is 10.8. The predicted molar refractivity (Wildman–Crippen MR) is 131 cm³/mol. The average Bonchev–Trinajstić information content (AvgIpc) is 2.85. The Morgan fingerprint density at radius 1 is 0.939 bits per heavy atom. The van der Waals surface area contributed by atoms with Gasteiger partial charge in [-0.05, 0) is 62.6 Å². The Hall–Kier alpha value is -3.97. The molecule has 1 amide bonds. The minimum Gasteiger partial charge on any atom is -0.493 e. The van der Waals surface area contributed by atoms with Gasteiger partial charge in [-0.3, -0.25) is 4.79 Å². The fourth-order valence-electron chi connectivity index (χ4n) is 3.28. The lowest BCUT2D eigenvalue weighted by Gasteiger charge is -2.13. The molecule has 0 heterocycles. The van der Waals surface area contributed by atoms with Crippen molar-refractivity contribution in [1.82, 2.24) is 5.43 Å². The van der Waals surface area contributed by atoms with E-state index in [9.17, 15) is 9.59 Å². The molecule has 0 atom stereocenters. The minimum absolute atomic E-state index is 0.251. The third-order valence-corrected chi connectivity index (χ3v) is 5.46. The van der Waals surface area contributed by atoms with Gasteiger partial charge in [0.1, 0.15) is 0 Å². The van der Waals surface area contributed by atoms with E-state index in [0.717, 1.165) is 10.8 Å². The summed E-state index contributed by atoms with van der Waals surface area (Å²) in [6, 6.07) is 25.2. The van der Waals surface area contributed by atoms with Crippen LogP contribution in [0.2, 0.25) is 0 Å². The molecule has 0 spiro atoms. The van der Waals surface area contributed by atoms with E-state index in [1.54, 1.807) is 42.5 Å². The van der Waals surface area contributed by atoms with E-state index in [1.807, 2.05) is 42.5 Å². The highest BCUT2D eigenvalue weighted by molar-refractivity contribution is 9.10. The van der Waals surface area contributed by atoms with Crippen LogP contribution in [0.25, 0.3) is 10.8 Å². The number of fused-ring (bicyclic) bond motifs is 1. The fraction of sp³-hybridized carbons (Fsp3) is 0.0385. The summed E-state index contributed by atoms with van der Waals surface area (Å²) in [6.45, 7) is 0. The number of methoxy groups -OCH3 is 1. The zero-order valence-corrected chi connectivity index (χ0v) is 19.2. The van der Waals surface area contributed by atoms with E-state index in [0.29, 0.717) is 26.9 Å². The summed E-state index contributed by atoms with van der Waals surface area (Å²) in [6.07, 6.45) is 1.48. The topological polar surface area (TPSA) is 77.0 Å². The number of hydrogen-bond acceptors (Lipinski definition) is 5. The molecular formula is C26H19BrN2O4. The van der Waals surface area contributed by atoms with Crippen LogP contribution < -0.4 is 14.9 Å². The van der Waals surface area contributed by atoms with Gasteiger partial charge in [0.15, 0.2) is 11.5 Å². The lowest BCUT2D eigenvalue weighted by Crippen LogP contribution is -2.17. The van der Waals surface area contributed by atoms with Crippen molar-refractivity contribution in [2.75, 3.05) is 7.11 Å². The molecule has 7 heteroatoms. The van der Waals surface area contributed by atoms with Gasteiger partial charge in [-0.1, -0.05) is 54.6 Å². The predicted octanol–water partition coefficient (Wildman–Crippen LogP) is 5.59. The highest BCUT2D eigenvalue weighted by Gasteiger charge is 2.18. The maximum Gasteiger partial charge on any atom is 0.344 e. The number of benzene rings is 4. The van der Waals surface area contributed by atoms with Crippen molar-refractivity contribution >= 4 is 44.8 Å². The number of hydrogen-bond donors (Lipinski definition) is 1. The molecule has 1 N–H and O–H groups in total. The quantitative estimate of drug-likeness (QED) is 0.161. The average molecular weight is 503 g/mol. The van der Waals surface area contributed by atoms with Crippen LogP contribution in [0.15, 0.2) is 94.5 Å². The molecule has 0 fully saturated rings. The lowest BCUT2D eigenvalue weighted by molar-refractivity contribution is 0.0730. The molecule has 4 aromatic carbocycles. The maximum absolute atomic E-state index is 12.9. The Balaban J connectivity index is 1.54. The minimum atomic E-state index is -0.498. The van der Waals surface area contributed by atoms with Crippen LogP contribution in [0.3, 0.4) is 0 Å². The Bertz CT molecular complexity index is 1350. The molecule has 0 saturated heterocycles. The number of halogens is 1. The number of amides is 1. The number of ether oxygens (including phenoxy) is 2. The molecule has 0 aliphatic carbocycles. The number of hydrazone groups is 1. The first kappa shape index (κ1) is 22.2. The van der Waals surface area contributed by atoms with E-state index in [4.69, 9.17) is 9.47 Å². The first-order chi connectivity index (χ1) is 16.1. The van der Waals surface area contributed by atoms with Crippen molar-refractivity contribution < 1.29 is 19.1 Å². The van der Waals surface area contributed by atoms with Crippen molar-refractivity contribution in [2.24, 2.45) is 5.10 Å². The van der Waals surface area contributed by atoms with Crippen molar-refractivity contribution in [2.45, 2.75) is 0 Å². The van der Waals surface area contributed by atoms with E-state index in [-0.39, 0.29) is 11.7 Å². The van der Waals surface area contributed by atoms with Crippen molar-refractivity contribution in [3.8, 4) is 11.5 Å². The molecular weight excluding hydrogens is 484 g/mol. The summed E-state index contributed by atoms with van der Waals surface area (Å²) in [5, 5.41) is 5.75. The van der Waals surface area contributed by atoms with Crippen LogP contribution in [-0.4, -0.2) is 25.2 Å². The van der Waals surface area contributed by atoms with Gasteiger partial charge in [0.05, 0.1) is 23.4 Å². The van der Waals surface area contributed by atoms with E-state index >= 15 is 0 Å². The van der Waals surface area contributed by atoms with Gasteiger partial charge in [-0.25, -0.2) is 10.2 Å². The van der Waals surface area contributed by atoms with Crippen LogP contribution in [-0.2, 0) is 0 Å². The summed E-state index contributed by atoms with van der Waals surface area (Å²) in [5.41, 5.74) is 4.07. The van der Waals surface area contributed by atoms with Crippen molar-refractivity contribution in [1.29, 1.82) is 0 Å². The SMILES string of the molecule is COc1cc(/C=N\NC(=O)c2ccccc2)cc(Br)c1OC(=O)c1cccc2ccccc12. The molecule has 0 bridgehead atoms. The molecule has 0 radical (unpaired) electrons. The van der Waals surface area contributed by atoms with E-state index < -0.39 is 5.97 Å². The molecule has 4 rings (SSSR count). The van der Waals surface area contributed by atoms with Gasteiger partial charge in [0.25, 0.3) is 5.91 Å². The molecule has 0 unspecified atom stereocenters. The smallest absolute Gasteiger partial charge is 0.344 e. The Morgan fingerprint density at radius 3 is 2.45 bits per heavy atom. The van der Waals surface area contributed by atoms with Gasteiger partial charge in [0, 0.05) is 5.56 Å². The van der Waals surface area contributed by atoms with Crippen LogP contribution in [0, 0.1) is 0 Å². The van der Waals surface area contributed by atoms with Crippen molar-refractivity contribution in [3.05, 3.63) is 106 Å². The number of rotatable bonds is 6. The second-order valence-corrected chi connectivity index (χ2v) is 7.87. The Labute approximate surface area is 199 Å². The van der Waals surface area contributed by atoms with Gasteiger partial charge in [0.2, 0.25) is 0 Å². The number of nitrogens with zero attached hydrogens (tertiary/aromatic N) is 1. The highest BCUT2D eigenvalue weighted by Crippen LogP contribution is 2.37. The lowest BCUT2D eigenvalue weighted by atomic mass is 10.0. The van der Waals surface area contributed by atoms with E-state index in [2.05, 4.69) is 26.5 Å². The second-order valence-electron chi connectivity index (χ2n) is 7.02. The van der Waals surface area contributed by atoms with Gasteiger partial charge in [-0.15, -0.1) is 0 Å². The summed E-state index contributed by atoms with van der Waals surface area (Å²) in [7, 11) is 1.48. The Kier molecular flexibility index (Phi) is 6.80. The van der Waals surface area contributed by atoms with Crippen LogP contribution >= 0.6 is 15.9 Å². The standard InChI is InChI=1S/C26H19BrN2O4/c1-32-23-15-17(16-28-29-25(30)19-9-3-2-4-10-19)14-22(27)24(23)33-26(31)21-13-7-11-18-8-5-6-12-20(18)21/h2-16H,1H3,(H,29,30)/b28-16-. The second kappa shape index (κ2) is 10.1. The first-order valence-electron chi connectivity index (χ1n) is 10.0. The molecule has 0 aromatic heterocycles.